The van der Waals surface area contributed by atoms with Crippen molar-refractivity contribution in [3.05, 3.63) is 18.0 Å². The third-order valence-corrected chi connectivity index (χ3v) is 2.69. The zero-order chi connectivity index (χ0) is 13.1. The molecule has 96 valence electrons. The standard InChI is InChI=1S/C12H22N4O/c1-12(2,3)10(13)11(17)14-6-5-9-7-15-16(4)8-9/h7-8,10H,5-6,13H2,1-4H3,(H,14,17)/t10-/m1/s1. The molecule has 5 heteroatoms. The summed E-state index contributed by atoms with van der Waals surface area (Å²) in [5.74, 6) is -0.0959. The maximum absolute atomic E-state index is 11.7. The first-order chi connectivity index (χ1) is 7.80. The zero-order valence-electron chi connectivity index (χ0n) is 11.0. The predicted octanol–water partition coefficient (Wildman–Crippen LogP) is 0.452. The fourth-order valence-electron chi connectivity index (χ4n) is 1.43. The summed E-state index contributed by atoms with van der Waals surface area (Å²) in [5.41, 5.74) is 6.75. The molecule has 0 radical (unpaired) electrons. The van der Waals surface area contributed by atoms with Gasteiger partial charge in [0.1, 0.15) is 0 Å². The number of hydrogen-bond acceptors (Lipinski definition) is 3. The maximum Gasteiger partial charge on any atom is 0.237 e. The lowest BCUT2D eigenvalue weighted by molar-refractivity contribution is -0.124. The molecule has 1 aromatic rings. The fraction of sp³-hybridized carbons (Fsp3) is 0.667. The van der Waals surface area contributed by atoms with Crippen LogP contribution in [-0.2, 0) is 18.3 Å². The maximum atomic E-state index is 11.7. The monoisotopic (exact) mass is 238 g/mol. The molecule has 5 nitrogen and oxygen atoms in total. The Labute approximate surface area is 102 Å². The van der Waals surface area contributed by atoms with Crippen LogP contribution in [0.25, 0.3) is 0 Å². The van der Waals surface area contributed by atoms with Crippen molar-refractivity contribution < 1.29 is 4.79 Å². The molecule has 1 amide bonds. The summed E-state index contributed by atoms with van der Waals surface area (Å²) >= 11 is 0. The van der Waals surface area contributed by atoms with Gasteiger partial charge in [-0.15, -0.1) is 0 Å². The topological polar surface area (TPSA) is 72.9 Å². The quantitative estimate of drug-likeness (QED) is 0.800. The molecule has 0 saturated heterocycles. The van der Waals surface area contributed by atoms with Gasteiger partial charge in [-0.05, 0) is 17.4 Å². The van der Waals surface area contributed by atoms with Crippen molar-refractivity contribution in [1.29, 1.82) is 0 Å². The van der Waals surface area contributed by atoms with Gasteiger partial charge in [0.25, 0.3) is 0 Å². The molecule has 17 heavy (non-hydrogen) atoms. The van der Waals surface area contributed by atoms with Gasteiger partial charge in [-0.3, -0.25) is 9.48 Å². The second kappa shape index (κ2) is 5.31. The first-order valence-corrected chi connectivity index (χ1v) is 5.81. The summed E-state index contributed by atoms with van der Waals surface area (Å²) in [6.45, 7) is 6.46. The molecule has 0 aliphatic rings. The van der Waals surface area contributed by atoms with Crippen molar-refractivity contribution in [2.45, 2.75) is 33.2 Å². The zero-order valence-corrected chi connectivity index (χ0v) is 11.0. The fourth-order valence-corrected chi connectivity index (χ4v) is 1.43. The second-order valence-electron chi connectivity index (χ2n) is 5.41. The van der Waals surface area contributed by atoms with Crippen LogP contribution in [0.4, 0.5) is 0 Å². The van der Waals surface area contributed by atoms with Crippen LogP contribution in [0.1, 0.15) is 26.3 Å². The Kier molecular flexibility index (Phi) is 4.28. The van der Waals surface area contributed by atoms with E-state index >= 15 is 0 Å². The van der Waals surface area contributed by atoms with Gasteiger partial charge in [0.2, 0.25) is 5.91 Å². The van der Waals surface area contributed by atoms with E-state index in [0.29, 0.717) is 6.54 Å². The SMILES string of the molecule is Cn1cc(CCNC(=O)[C@@H](N)C(C)(C)C)cn1. The Morgan fingerprint density at radius 2 is 2.24 bits per heavy atom. The molecule has 1 heterocycles. The molecular weight excluding hydrogens is 216 g/mol. The molecule has 0 aliphatic heterocycles. The number of hydrogen-bond donors (Lipinski definition) is 2. The highest BCUT2D eigenvalue weighted by atomic mass is 16.2. The highest BCUT2D eigenvalue weighted by molar-refractivity contribution is 5.82. The Morgan fingerprint density at radius 3 is 2.71 bits per heavy atom. The number of amides is 1. The first kappa shape index (κ1) is 13.7. The van der Waals surface area contributed by atoms with Crippen LogP contribution in [0.3, 0.4) is 0 Å². The Bertz CT molecular complexity index is 378. The summed E-state index contributed by atoms with van der Waals surface area (Å²) in [6.07, 6.45) is 4.52. The summed E-state index contributed by atoms with van der Waals surface area (Å²) < 4.78 is 1.75. The van der Waals surface area contributed by atoms with E-state index in [1.165, 1.54) is 0 Å². The van der Waals surface area contributed by atoms with Crippen LogP contribution < -0.4 is 11.1 Å². The van der Waals surface area contributed by atoms with Gasteiger partial charge in [0.15, 0.2) is 0 Å². The minimum absolute atomic E-state index is 0.0959. The minimum Gasteiger partial charge on any atom is -0.354 e. The van der Waals surface area contributed by atoms with E-state index in [9.17, 15) is 4.79 Å². The Hall–Kier alpha value is -1.36. The average molecular weight is 238 g/mol. The van der Waals surface area contributed by atoms with E-state index in [1.54, 1.807) is 10.9 Å². The smallest absolute Gasteiger partial charge is 0.237 e. The van der Waals surface area contributed by atoms with Gasteiger partial charge in [-0.1, -0.05) is 20.8 Å². The van der Waals surface area contributed by atoms with E-state index < -0.39 is 6.04 Å². The molecule has 1 atom stereocenters. The molecule has 0 aromatic carbocycles. The van der Waals surface area contributed by atoms with Crippen molar-refractivity contribution >= 4 is 5.91 Å². The summed E-state index contributed by atoms with van der Waals surface area (Å²) in [7, 11) is 1.87. The number of aryl methyl sites for hydroxylation is 1. The van der Waals surface area contributed by atoms with E-state index in [0.717, 1.165) is 12.0 Å². The molecule has 0 saturated carbocycles. The lowest BCUT2D eigenvalue weighted by Gasteiger charge is -2.25. The molecule has 0 fully saturated rings. The van der Waals surface area contributed by atoms with E-state index in [4.69, 9.17) is 5.73 Å². The van der Waals surface area contributed by atoms with Gasteiger partial charge in [-0.2, -0.15) is 5.10 Å². The number of rotatable bonds is 4. The number of carbonyl (C=O) groups excluding carboxylic acids is 1. The van der Waals surface area contributed by atoms with Gasteiger partial charge in [0.05, 0.1) is 12.2 Å². The minimum atomic E-state index is -0.476. The molecule has 1 rings (SSSR count). The predicted molar refractivity (Wildman–Crippen MR) is 67.4 cm³/mol. The Balaban J connectivity index is 2.34. The number of carbonyl (C=O) groups is 1. The highest BCUT2D eigenvalue weighted by Gasteiger charge is 2.26. The third kappa shape index (κ3) is 4.19. The summed E-state index contributed by atoms with van der Waals surface area (Å²) in [6, 6.07) is -0.476. The van der Waals surface area contributed by atoms with Gasteiger partial charge in [-0.25, -0.2) is 0 Å². The second-order valence-corrected chi connectivity index (χ2v) is 5.41. The van der Waals surface area contributed by atoms with Gasteiger partial charge < -0.3 is 11.1 Å². The van der Waals surface area contributed by atoms with E-state index in [1.807, 2.05) is 34.0 Å². The molecule has 0 spiro atoms. The molecule has 0 unspecified atom stereocenters. The normalized spacial score (nSPS) is 13.5. The molecule has 3 N–H and O–H groups in total. The van der Waals surface area contributed by atoms with Crippen molar-refractivity contribution in [3.63, 3.8) is 0 Å². The molecule has 1 aromatic heterocycles. The molecule has 0 bridgehead atoms. The lowest BCUT2D eigenvalue weighted by Crippen LogP contribution is -2.48. The van der Waals surface area contributed by atoms with E-state index in [-0.39, 0.29) is 11.3 Å². The van der Waals surface area contributed by atoms with Crippen molar-refractivity contribution in [1.82, 2.24) is 15.1 Å². The summed E-state index contributed by atoms with van der Waals surface area (Å²) in [4.78, 5) is 11.7. The van der Waals surface area contributed by atoms with E-state index in [2.05, 4.69) is 10.4 Å². The van der Waals surface area contributed by atoms with Crippen molar-refractivity contribution in [2.24, 2.45) is 18.2 Å². The van der Waals surface area contributed by atoms with Crippen LogP contribution in [0.15, 0.2) is 12.4 Å². The van der Waals surface area contributed by atoms with Gasteiger partial charge >= 0.3 is 0 Å². The van der Waals surface area contributed by atoms with Crippen LogP contribution >= 0.6 is 0 Å². The number of nitrogens with one attached hydrogen (secondary N) is 1. The third-order valence-electron chi connectivity index (χ3n) is 2.69. The van der Waals surface area contributed by atoms with Crippen molar-refractivity contribution in [2.75, 3.05) is 6.54 Å². The number of aromatic nitrogens is 2. The average Bonchev–Trinajstić information content (AvgIpc) is 2.61. The molecule has 0 aliphatic carbocycles. The number of nitrogens with two attached hydrogens (primary N) is 1. The van der Waals surface area contributed by atoms with Crippen molar-refractivity contribution in [3.8, 4) is 0 Å². The first-order valence-electron chi connectivity index (χ1n) is 5.81. The molecular formula is C12H22N4O. The van der Waals surface area contributed by atoms with Crippen LogP contribution in [-0.4, -0.2) is 28.3 Å². The van der Waals surface area contributed by atoms with Crippen LogP contribution in [0, 0.1) is 5.41 Å². The largest absolute Gasteiger partial charge is 0.354 e. The van der Waals surface area contributed by atoms with Gasteiger partial charge in [0, 0.05) is 19.8 Å². The Morgan fingerprint density at radius 1 is 1.59 bits per heavy atom. The number of nitrogens with zero attached hydrogens (tertiary/aromatic N) is 2. The highest BCUT2D eigenvalue weighted by Crippen LogP contribution is 2.17. The lowest BCUT2D eigenvalue weighted by atomic mass is 9.87. The van der Waals surface area contributed by atoms with Crippen LogP contribution in [0.5, 0.6) is 0 Å². The van der Waals surface area contributed by atoms with Crippen LogP contribution in [0.2, 0.25) is 0 Å². The summed E-state index contributed by atoms with van der Waals surface area (Å²) in [5, 5.41) is 6.91.